The van der Waals surface area contributed by atoms with E-state index in [0.717, 1.165) is 22.5 Å². The van der Waals surface area contributed by atoms with Crippen LogP contribution in [0, 0.1) is 0 Å². The molecule has 1 heterocycles. The lowest BCUT2D eigenvalue weighted by Gasteiger charge is -2.30. The van der Waals surface area contributed by atoms with Crippen LogP contribution in [0.3, 0.4) is 0 Å². The van der Waals surface area contributed by atoms with E-state index in [0.29, 0.717) is 6.04 Å². The van der Waals surface area contributed by atoms with Gasteiger partial charge in [-0.3, -0.25) is 4.98 Å². The SMILES string of the molecule is CCc1nccc(NC2CCC(c3ccccc3)CC2)c1Br. The van der Waals surface area contributed by atoms with Gasteiger partial charge in [-0.15, -0.1) is 0 Å². The number of hydrogen-bond acceptors (Lipinski definition) is 2. The number of aryl methyl sites for hydroxylation is 1. The minimum atomic E-state index is 0.573. The van der Waals surface area contributed by atoms with Gasteiger partial charge >= 0.3 is 0 Å². The van der Waals surface area contributed by atoms with Gasteiger partial charge in [-0.25, -0.2) is 0 Å². The van der Waals surface area contributed by atoms with E-state index in [-0.39, 0.29) is 0 Å². The molecule has 2 nitrogen and oxygen atoms in total. The zero-order valence-electron chi connectivity index (χ0n) is 13.1. The summed E-state index contributed by atoms with van der Waals surface area (Å²) in [5, 5.41) is 3.71. The number of hydrogen-bond donors (Lipinski definition) is 1. The molecule has 0 saturated heterocycles. The normalized spacial score (nSPS) is 21.5. The van der Waals surface area contributed by atoms with Gasteiger partial charge in [0.2, 0.25) is 0 Å². The predicted molar refractivity (Wildman–Crippen MR) is 96.4 cm³/mol. The van der Waals surface area contributed by atoms with Crippen LogP contribution in [0.25, 0.3) is 0 Å². The Hall–Kier alpha value is -1.35. The maximum atomic E-state index is 4.42. The second-order valence-corrected chi connectivity index (χ2v) is 6.87. The second-order valence-electron chi connectivity index (χ2n) is 6.08. The van der Waals surface area contributed by atoms with Crippen molar-refractivity contribution in [1.82, 2.24) is 4.98 Å². The van der Waals surface area contributed by atoms with Crippen molar-refractivity contribution in [2.75, 3.05) is 5.32 Å². The summed E-state index contributed by atoms with van der Waals surface area (Å²) < 4.78 is 1.13. The van der Waals surface area contributed by atoms with Crippen molar-refractivity contribution in [3.8, 4) is 0 Å². The van der Waals surface area contributed by atoms with E-state index >= 15 is 0 Å². The maximum Gasteiger partial charge on any atom is 0.0622 e. The highest BCUT2D eigenvalue weighted by atomic mass is 79.9. The van der Waals surface area contributed by atoms with Gasteiger partial charge in [0, 0.05) is 12.2 Å². The standard InChI is InChI=1S/C19H23BrN2/c1-2-17-19(20)18(12-13-21-17)22-16-10-8-15(9-11-16)14-6-4-3-5-7-14/h3-7,12-13,15-16H,2,8-11H2,1H3,(H,21,22). The molecule has 1 aromatic heterocycles. The number of nitrogens with one attached hydrogen (secondary N) is 1. The van der Waals surface area contributed by atoms with Crippen LogP contribution < -0.4 is 5.32 Å². The number of pyridine rings is 1. The summed E-state index contributed by atoms with van der Waals surface area (Å²) in [4.78, 5) is 4.42. The molecule has 1 saturated carbocycles. The molecule has 1 aliphatic carbocycles. The summed E-state index contributed by atoms with van der Waals surface area (Å²) in [5.41, 5.74) is 3.82. The van der Waals surface area contributed by atoms with Crippen molar-refractivity contribution < 1.29 is 0 Å². The summed E-state index contributed by atoms with van der Waals surface area (Å²) in [6.07, 6.45) is 7.86. The molecular formula is C19H23BrN2. The molecule has 2 aromatic rings. The molecule has 0 spiro atoms. The lowest BCUT2D eigenvalue weighted by Crippen LogP contribution is -2.25. The molecule has 1 N–H and O–H groups in total. The van der Waals surface area contributed by atoms with E-state index in [4.69, 9.17) is 0 Å². The molecule has 0 radical (unpaired) electrons. The zero-order chi connectivity index (χ0) is 15.4. The summed E-state index contributed by atoms with van der Waals surface area (Å²) in [6.45, 7) is 2.14. The van der Waals surface area contributed by atoms with Crippen LogP contribution in [0.2, 0.25) is 0 Å². The van der Waals surface area contributed by atoms with Gasteiger partial charge in [-0.05, 0) is 65.6 Å². The van der Waals surface area contributed by atoms with Gasteiger partial charge in [0.05, 0.1) is 15.9 Å². The van der Waals surface area contributed by atoms with E-state index in [1.807, 2.05) is 6.20 Å². The molecular weight excluding hydrogens is 336 g/mol. The first-order valence-corrected chi connectivity index (χ1v) is 9.02. The number of rotatable bonds is 4. The van der Waals surface area contributed by atoms with E-state index < -0.39 is 0 Å². The Morgan fingerprint density at radius 2 is 1.82 bits per heavy atom. The first kappa shape index (κ1) is 15.5. The third-order valence-electron chi connectivity index (χ3n) is 4.65. The fraction of sp³-hybridized carbons (Fsp3) is 0.421. The summed E-state index contributed by atoms with van der Waals surface area (Å²) in [6, 6.07) is 13.6. The number of halogens is 1. The maximum absolute atomic E-state index is 4.42. The third kappa shape index (κ3) is 3.52. The topological polar surface area (TPSA) is 24.9 Å². The zero-order valence-corrected chi connectivity index (χ0v) is 14.6. The molecule has 3 heteroatoms. The predicted octanol–water partition coefficient (Wildman–Crippen LogP) is 5.54. The monoisotopic (exact) mass is 358 g/mol. The Morgan fingerprint density at radius 3 is 2.50 bits per heavy atom. The van der Waals surface area contributed by atoms with Crippen molar-refractivity contribution >= 4 is 21.6 Å². The smallest absolute Gasteiger partial charge is 0.0622 e. The van der Waals surface area contributed by atoms with Gasteiger partial charge in [0.1, 0.15) is 0 Å². The molecule has 1 fully saturated rings. The Labute approximate surface area is 141 Å². The molecule has 0 amide bonds. The molecule has 1 aromatic carbocycles. The molecule has 0 unspecified atom stereocenters. The highest BCUT2D eigenvalue weighted by molar-refractivity contribution is 9.10. The van der Waals surface area contributed by atoms with Crippen molar-refractivity contribution in [2.45, 2.75) is 51.0 Å². The van der Waals surface area contributed by atoms with Crippen LogP contribution in [0.4, 0.5) is 5.69 Å². The van der Waals surface area contributed by atoms with Gasteiger partial charge in [-0.1, -0.05) is 37.3 Å². The average molecular weight is 359 g/mol. The minimum Gasteiger partial charge on any atom is -0.381 e. The Balaban J connectivity index is 1.61. The van der Waals surface area contributed by atoms with E-state index in [1.165, 1.54) is 36.9 Å². The Morgan fingerprint density at radius 1 is 1.09 bits per heavy atom. The van der Waals surface area contributed by atoms with Crippen molar-refractivity contribution in [3.05, 3.63) is 58.3 Å². The molecule has 22 heavy (non-hydrogen) atoms. The first-order chi connectivity index (χ1) is 10.8. The van der Waals surface area contributed by atoms with Crippen LogP contribution in [-0.2, 0) is 6.42 Å². The fourth-order valence-corrected chi connectivity index (χ4v) is 3.99. The van der Waals surface area contributed by atoms with Crippen LogP contribution in [0.1, 0.15) is 49.8 Å². The minimum absolute atomic E-state index is 0.573. The lowest BCUT2D eigenvalue weighted by atomic mass is 9.82. The van der Waals surface area contributed by atoms with E-state index in [2.05, 4.69) is 69.6 Å². The van der Waals surface area contributed by atoms with Crippen LogP contribution in [0.15, 0.2) is 47.1 Å². The van der Waals surface area contributed by atoms with Gasteiger partial charge < -0.3 is 5.32 Å². The molecule has 0 bridgehead atoms. The highest BCUT2D eigenvalue weighted by Gasteiger charge is 2.22. The molecule has 1 aliphatic rings. The molecule has 116 valence electrons. The van der Waals surface area contributed by atoms with Crippen molar-refractivity contribution in [1.29, 1.82) is 0 Å². The number of nitrogens with zero attached hydrogens (tertiary/aromatic N) is 1. The largest absolute Gasteiger partial charge is 0.381 e. The van der Waals surface area contributed by atoms with E-state index in [9.17, 15) is 0 Å². The Bertz CT molecular complexity index is 604. The number of benzene rings is 1. The summed E-state index contributed by atoms with van der Waals surface area (Å²) in [5.74, 6) is 0.728. The van der Waals surface area contributed by atoms with Crippen molar-refractivity contribution in [3.63, 3.8) is 0 Å². The van der Waals surface area contributed by atoms with Gasteiger partial charge in [0.25, 0.3) is 0 Å². The Kier molecular flexibility index (Phi) is 5.14. The number of anilines is 1. The van der Waals surface area contributed by atoms with Crippen LogP contribution in [-0.4, -0.2) is 11.0 Å². The molecule has 0 atom stereocenters. The molecule has 0 aliphatic heterocycles. The first-order valence-electron chi connectivity index (χ1n) is 8.22. The quantitative estimate of drug-likeness (QED) is 0.775. The van der Waals surface area contributed by atoms with Crippen molar-refractivity contribution in [2.24, 2.45) is 0 Å². The summed E-state index contributed by atoms with van der Waals surface area (Å²) in [7, 11) is 0. The number of aromatic nitrogens is 1. The van der Waals surface area contributed by atoms with Gasteiger partial charge in [0.15, 0.2) is 0 Å². The van der Waals surface area contributed by atoms with E-state index in [1.54, 1.807) is 0 Å². The molecule has 3 rings (SSSR count). The average Bonchev–Trinajstić information content (AvgIpc) is 2.58. The van der Waals surface area contributed by atoms with Gasteiger partial charge in [-0.2, -0.15) is 0 Å². The third-order valence-corrected chi connectivity index (χ3v) is 5.54. The van der Waals surface area contributed by atoms with Crippen LogP contribution >= 0.6 is 15.9 Å². The second kappa shape index (κ2) is 7.28. The van der Waals surface area contributed by atoms with Crippen LogP contribution in [0.5, 0.6) is 0 Å². The highest BCUT2D eigenvalue weighted by Crippen LogP contribution is 2.35. The fourth-order valence-electron chi connectivity index (χ4n) is 3.36. The summed E-state index contributed by atoms with van der Waals surface area (Å²) >= 11 is 3.69. The lowest BCUT2D eigenvalue weighted by molar-refractivity contribution is 0.412.